The normalized spacial score (nSPS) is 19.3. The maximum Gasteiger partial charge on any atom is 0.251 e. The van der Waals surface area contributed by atoms with Crippen LogP contribution in [-0.2, 0) is 17.6 Å². The molecule has 2 atom stereocenters. The van der Waals surface area contributed by atoms with Gasteiger partial charge in [0.25, 0.3) is 5.91 Å². The monoisotopic (exact) mass is 565 g/mol. The molecule has 0 saturated carbocycles. The van der Waals surface area contributed by atoms with Gasteiger partial charge in [-0.2, -0.15) is 0 Å². The van der Waals surface area contributed by atoms with Crippen molar-refractivity contribution >= 4 is 34.1 Å². The Kier molecular flexibility index (Phi) is 7.78. The summed E-state index contributed by atoms with van der Waals surface area (Å²) in [6.45, 7) is 1.35. The number of benzene rings is 2. The fourth-order valence-electron chi connectivity index (χ4n) is 6.47. The Labute approximate surface area is 244 Å². The van der Waals surface area contributed by atoms with Crippen molar-refractivity contribution in [3.8, 4) is 5.75 Å². The molecule has 1 heterocycles. The molecule has 8 nitrogen and oxygen atoms in total. The molecule has 0 aliphatic heterocycles. The number of carbonyl (C=O) groups excluding carboxylic acids is 3. The highest BCUT2D eigenvalue weighted by atomic mass is 16.3. The quantitative estimate of drug-likeness (QED) is 0.249. The Morgan fingerprint density at radius 3 is 2.55 bits per heavy atom. The van der Waals surface area contributed by atoms with Crippen LogP contribution in [0.3, 0.4) is 0 Å². The minimum atomic E-state index is -1.13. The second-order valence-electron chi connectivity index (χ2n) is 11.4. The van der Waals surface area contributed by atoms with Crippen LogP contribution in [0.15, 0.2) is 65.9 Å². The van der Waals surface area contributed by atoms with Crippen molar-refractivity contribution in [1.82, 2.24) is 10.3 Å². The van der Waals surface area contributed by atoms with Gasteiger partial charge in [-0.05, 0) is 62.3 Å². The SMILES string of the molecule is O=C(NCCCCCCNc1c2c(nc3ccccc13)CCCC2)C1=CC2C(=O)c3cccc(O)c3C(=O)C2C(O)=C1. The van der Waals surface area contributed by atoms with Gasteiger partial charge in [0.05, 0.1) is 22.9 Å². The van der Waals surface area contributed by atoms with Gasteiger partial charge in [-0.25, -0.2) is 0 Å². The number of Topliss-reactive ketones (excluding diaryl/α,β-unsaturated/α-hetero) is 2. The lowest BCUT2D eigenvalue weighted by Crippen LogP contribution is -2.39. The van der Waals surface area contributed by atoms with Crippen LogP contribution < -0.4 is 10.6 Å². The number of pyridine rings is 1. The van der Waals surface area contributed by atoms with Crippen molar-refractivity contribution in [2.45, 2.75) is 51.4 Å². The van der Waals surface area contributed by atoms with Crippen LogP contribution in [0.1, 0.15) is 70.5 Å². The molecule has 0 bridgehead atoms. The summed E-state index contributed by atoms with van der Waals surface area (Å²) in [6, 6.07) is 12.7. The second-order valence-corrected chi connectivity index (χ2v) is 11.4. The number of aliphatic hydroxyl groups excluding tert-OH is 1. The molecule has 0 saturated heterocycles. The Hall–Kier alpha value is -4.46. The largest absolute Gasteiger partial charge is 0.511 e. The van der Waals surface area contributed by atoms with Crippen LogP contribution >= 0.6 is 0 Å². The van der Waals surface area contributed by atoms with Gasteiger partial charge in [-0.15, -0.1) is 0 Å². The van der Waals surface area contributed by atoms with E-state index in [9.17, 15) is 24.6 Å². The van der Waals surface area contributed by atoms with E-state index in [1.54, 1.807) is 0 Å². The van der Waals surface area contributed by atoms with Crippen LogP contribution in [0, 0.1) is 11.8 Å². The third-order valence-corrected chi connectivity index (χ3v) is 8.60. The summed E-state index contributed by atoms with van der Waals surface area (Å²) < 4.78 is 0. The van der Waals surface area contributed by atoms with Gasteiger partial charge >= 0.3 is 0 Å². The number of aromatic nitrogens is 1. The number of unbranched alkanes of at least 4 members (excludes halogenated alkanes) is 3. The van der Waals surface area contributed by atoms with Crippen LogP contribution in [0.2, 0.25) is 0 Å². The number of allylic oxidation sites excluding steroid dienone is 2. The van der Waals surface area contributed by atoms with Gasteiger partial charge in [-0.3, -0.25) is 19.4 Å². The summed E-state index contributed by atoms with van der Waals surface area (Å²) in [7, 11) is 0. The van der Waals surface area contributed by atoms with E-state index in [1.807, 2.05) is 6.07 Å². The molecule has 4 N–H and O–H groups in total. The molecule has 2 unspecified atom stereocenters. The number of nitrogens with one attached hydrogen (secondary N) is 2. The van der Waals surface area contributed by atoms with E-state index in [2.05, 4.69) is 28.8 Å². The van der Waals surface area contributed by atoms with Crippen LogP contribution in [0.25, 0.3) is 10.9 Å². The average molecular weight is 566 g/mol. The highest BCUT2D eigenvalue weighted by molar-refractivity contribution is 6.19. The summed E-state index contributed by atoms with van der Waals surface area (Å²) in [6.07, 6.45) is 11.0. The standard InChI is InChI=1S/C34H35N3O5/c38-27-15-9-12-23-29(27)33(41)30-24(32(23)40)18-20(19-28(30)39)34(42)36-17-8-2-1-7-16-35-31-21-10-3-5-13-25(21)37-26-14-6-4-11-22(26)31/h3,5,9-10,12-13,15,18-19,24,30,38-39H,1-2,4,6-8,11,14,16-17H2,(H,35,37)(H,36,42). The fraction of sp³-hybridized carbons (Fsp3) is 0.353. The minimum absolute atomic E-state index is 0.0753. The number of amides is 1. The zero-order valence-electron chi connectivity index (χ0n) is 23.5. The predicted molar refractivity (Wildman–Crippen MR) is 161 cm³/mol. The number of aromatic hydroxyl groups is 1. The molecular formula is C34H35N3O5. The predicted octanol–water partition coefficient (Wildman–Crippen LogP) is 5.60. The zero-order chi connectivity index (χ0) is 29.2. The topological polar surface area (TPSA) is 129 Å². The van der Waals surface area contributed by atoms with Crippen molar-refractivity contribution in [2.75, 3.05) is 18.4 Å². The summed E-state index contributed by atoms with van der Waals surface area (Å²) in [5.74, 6) is -4.04. The number of rotatable bonds is 9. The van der Waals surface area contributed by atoms with Crippen molar-refractivity contribution in [3.05, 3.63) is 88.3 Å². The van der Waals surface area contributed by atoms with Crippen molar-refractivity contribution in [2.24, 2.45) is 11.8 Å². The summed E-state index contributed by atoms with van der Waals surface area (Å²) >= 11 is 0. The van der Waals surface area contributed by atoms with Gasteiger partial charge in [0.2, 0.25) is 0 Å². The first-order chi connectivity index (χ1) is 20.4. The van der Waals surface area contributed by atoms with Gasteiger partial charge in [-0.1, -0.05) is 49.2 Å². The summed E-state index contributed by atoms with van der Waals surface area (Å²) in [5, 5.41) is 28.5. The molecule has 216 valence electrons. The Morgan fingerprint density at radius 1 is 0.905 bits per heavy atom. The van der Waals surface area contributed by atoms with Crippen molar-refractivity contribution in [1.29, 1.82) is 0 Å². The second kappa shape index (κ2) is 11.8. The number of hydrogen-bond donors (Lipinski definition) is 4. The number of nitrogens with zero attached hydrogens (tertiary/aromatic N) is 1. The zero-order valence-corrected chi connectivity index (χ0v) is 23.5. The lowest BCUT2D eigenvalue weighted by atomic mass is 9.70. The van der Waals surface area contributed by atoms with Gasteiger partial charge in [0.1, 0.15) is 11.5 Å². The number of aryl methyl sites for hydroxylation is 1. The maximum absolute atomic E-state index is 13.1. The number of fused-ring (bicyclic) bond motifs is 4. The van der Waals surface area contributed by atoms with Crippen molar-refractivity contribution in [3.63, 3.8) is 0 Å². The van der Waals surface area contributed by atoms with Gasteiger partial charge < -0.3 is 20.8 Å². The molecule has 0 radical (unpaired) electrons. The van der Waals surface area contributed by atoms with E-state index in [1.165, 1.54) is 65.5 Å². The van der Waals surface area contributed by atoms with Crippen LogP contribution in [-0.4, -0.2) is 45.8 Å². The van der Waals surface area contributed by atoms with E-state index < -0.39 is 29.3 Å². The molecule has 2 aromatic carbocycles. The molecule has 1 aromatic heterocycles. The first-order valence-electron chi connectivity index (χ1n) is 14.9. The molecule has 3 aliphatic rings. The fourth-order valence-corrected chi connectivity index (χ4v) is 6.47. The van der Waals surface area contributed by atoms with E-state index in [0.717, 1.165) is 50.6 Å². The number of para-hydroxylation sites is 1. The number of ketones is 2. The summed E-state index contributed by atoms with van der Waals surface area (Å²) in [4.78, 5) is 43.8. The molecular weight excluding hydrogens is 530 g/mol. The van der Waals surface area contributed by atoms with Crippen LogP contribution in [0.5, 0.6) is 5.75 Å². The highest BCUT2D eigenvalue weighted by Gasteiger charge is 2.45. The van der Waals surface area contributed by atoms with E-state index in [-0.39, 0.29) is 28.2 Å². The minimum Gasteiger partial charge on any atom is -0.511 e. The lowest BCUT2D eigenvalue weighted by Gasteiger charge is -2.31. The Balaban J connectivity index is 0.984. The van der Waals surface area contributed by atoms with Gasteiger partial charge in [0.15, 0.2) is 11.6 Å². The molecule has 0 spiro atoms. The molecule has 1 amide bonds. The average Bonchev–Trinajstić information content (AvgIpc) is 3.00. The molecule has 3 aliphatic carbocycles. The third kappa shape index (κ3) is 5.17. The van der Waals surface area contributed by atoms with E-state index >= 15 is 0 Å². The Morgan fingerprint density at radius 2 is 1.69 bits per heavy atom. The van der Waals surface area contributed by atoms with Gasteiger partial charge in [0, 0.05) is 41.0 Å². The highest BCUT2D eigenvalue weighted by Crippen LogP contribution is 2.41. The van der Waals surface area contributed by atoms with E-state index in [4.69, 9.17) is 4.98 Å². The number of hydrogen-bond acceptors (Lipinski definition) is 7. The van der Waals surface area contributed by atoms with Crippen molar-refractivity contribution < 1.29 is 24.6 Å². The Bertz CT molecular complexity index is 1640. The number of phenolic OH excluding ortho intramolecular Hbond substituents is 1. The number of carbonyl (C=O) groups is 3. The maximum atomic E-state index is 13.1. The van der Waals surface area contributed by atoms with Crippen LogP contribution in [0.4, 0.5) is 5.69 Å². The first-order valence-corrected chi connectivity index (χ1v) is 14.9. The lowest BCUT2D eigenvalue weighted by molar-refractivity contribution is -0.117. The third-order valence-electron chi connectivity index (χ3n) is 8.60. The molecule has 6 rings (SSSR count). The number of anilines is 1. The molecule has 42 heavy (non-hydrogen) atoms. The molecule has 0 fully saturated rings. The molecule has 3 aromatic rings. The smallest absolute Gasteiger partial charge is 0.251 e. The van der Waals surface area contributed by atoms with E-state index in [0.29, 0.717) is 6.54 Å². The molecule has 8 heteroatoms. The number of phenols is 1. The summed E-state index contributed by atoms with van der Waals surface area (Å²) in [5.41, 5.74) is 5.08. The first kappa shape index (κ1) is 27.7. The number of aliphatic hydroxyl groups is 1.